The van der Waals surface area contributed by atoms with Crippen LogP contribution in [0.3, 0.4) is 0 Å². The Morgan fingerprint density at radius 2 is 1.39 bits per heavy atom. The van der Waals surface area contributed by atoms with Crippen molar-refractivity contribution in [3.8, 4) is 0 Å². The van der Waals surface area contributed by atoms with Gasteiger partial charge in [0.15, 0.2) is 0 Å². The van der Waals surface area contributed by atoms with Gasteiger partial charge in [-0.25, -0.2) is 0 Å². The van der Waals surface area contributed by atoms with E-state index in [1.54, 1.807) is 0 Å². The average molecular weight is 435 g/mol. The minimum Gasteiger partial charge on any atom is -0.481 e. The molecule has 3 N–H and O–H groups in total. The number of hydrogen-bond donors (Lipinski definition) is 3. The summed E-state index contributed by atoms with van der Waals surface area (Å²) in [5.41, 5.74) is 0. The third-order valence-corrected chi connectivity index (χ3v) is 5.65. The molecule has 0 radical (unpaired) electrons. The normalized spacial score (nSPS) is 10.5. The minimum atomic E-state index is -0.976. The van der Waals surface area contributed by atoms with Crippen LogP contribution >= 0.6 is 24.0 Å². The molecule has 0 aliphatic heterocycles. The number of thiocarbonyl (C=S) groups is 1. The Morgan fingerprint density at radius 3 is 1.89 bits per heavy atom. The van der Waals surface area contributed by atoms with Crippen LogP contribution in [0.4, 0.5) is 0 Å². The maximum absolute atomic E-state index is 11.9. The molecule has 0 aromatic rings. The molecule has 0 saturated heterocycles. The van der Waals surface area contributed by atoms with Gasteiger partial charge in [0.1, 0.15) is 4.32 Å². The molecule has 0 unspecified atom stereocenters. The van der Waals surface area contributed by atoms with Crippen molar-refractivity contribution in [2.75, 3.05) is 25.4 Å². The highest BCUT2D eigenvalue weighted by molar-refractivity contribution is 8.23. The lowest BCUT2D eigenvalue weighted by Crippen LogP contribution is -2.33. The Bertz CT molecular complexity index is 471. The van der Waals surface area contributed by atoms with Gasteiger partial charge < -0.3 is 20.4 Å². The van der Waals surface area contributed by atoms with E-state index in [0.29, 0.717) is 10.9 Å². The Hall–Kier alpha value is -1.35. The van der Waals surface area contributed by atoms with Crippen LogP contribution in [0.1, 0.15) is 71.1 Å². The predicted molar refractivity (Wildman–Crippen MR) is 117 cm³/mol. The zero-order chi connectivity index (χ0) is 21.2. The molecule has 162 valence electrons. The molecule has 9 heteroatoms. The molecular formula is C19H34N2O5S2. The fourth-order valence-corrected chi connectivity index (χ4v) is 3.59. The number of carbonyl (C=O) groups is 3. The fourth-order valence-electron chi connectivity index (χ4n) is 2.51. The van der Waals surface area contributed by atoms with E-state index in [0.717, 1.165) is 24.6 Å². The molecule has 0 bridgehead atoms. The van der Waals surface area contributed by atoms with Crippen molar-refractivity contribution in [1.82, 2.24) is 10.2 Å². The van der Waals surface area contributed by atoms with Gasteiger partial charge in [-0.05, 0) is 6.42 Å². The van der Waals surface area contributed by atoms with Gasteiger partial charge in [0.05, 0.1) is 18.6 Å². The Labute approximate surface area is 177 Å². The number of carboxylic acids is 2. The molecule has 0 aromatic heterocycles. The second-order valence-electron chi connectivity index (χ2n) is 6.65. The number of rotatable bonds is 17. The van der Waals surface area contributed by atoms with Crippen LogP contribution in [-0.4, -0.2) is 62.7 Å². The molecule has 0 aliphatic rings. The molecule has 0 saturated carbocycles. The minimum absolute atomic E-state index is 0.119. The monoisotopic (exact) mass is 434 g/mol. The van der Waals surface area contributed by atoms with E-state index < -0.39 is 11.9 Å². The van der Waals surface area contributed by atoms with Crippen LogP contribution in [-0.2, 0) is 14.4 Å². The van der Waals surface area contributed by atoms with E-state index in [4.69, 9.17) is 22.4 Å². The molecule has 28 heavy (non-hydrogen) atoms. The highest BCUT2D eigenvalue weighted by atomic mass is 32.2. The summed E-state index contributed by atoms with van der Waals surface area (Å²) in [6.45, 7) is 3.11. The van der Waals surface area contributed by atoms with Crippen LogP contribution < -0.4 is 5.32 Å². The van der Waals surface area contributed by atoms with E-state index in [2.05, 4.69) is 12.2 Å². The molecule has 0 fully saturated rings. The van der Waals surface area contributed by atoms with Gasteiger partial charge in [0, 0.05) is 19.6 Å². The lowest BCUT2D eigenvalue weighted by atomic mass is 10.1. The Balaban J connectivity index is 3.93. The number of hydrogen-bond acceptors (Lipinski definition) is 5. The van der Waals surface area contributed by atoms with Gasteiger partial charge in [-0.1, -0.05) is 75.8 Å². The zero-order valence-electron chi connectivity index (χ0n) is 16.8. The quantitative estimate of drug-likeness (QED) is 0.236. The molecular weight excluding hydrogens is 400 g/mol. The summed E-state index contributed by atoms with van der Waals surface area (Å²) in [5.74, 6) is -1.92. The standard InChI is InChI=1S/C19H34N2O5S2/c1-2-3-4-5-6-7-8-9-12-20-16(22)15-28-19(27)21(13-10-17(23)24)14-11-18(25)26/h2-15H2,1H3,(H,20,22)(H,23,24)(H,25,26). The van der Waals surface area contributed by atoms with E-state index in [1.165, 1.54) is 43.4 Å². The van der Waals surface area contributed by atoms with Gasteiger partial charge in [-0.15, -0.1) is 0 Å². The smallest absolute Gasteiger partial charge is 0.305 e. The number of amides is 1. The highest BCUT2D eigenvalue weighted by Gasteiger charge is 2.15. The van der Waals surface area contributed by atoms with E-state index in [9.17, 15) is 14.4 Å². The molecule has 0 rings (SSSR count). The van der Waals surface area contributed by atoms with E-state index in [1.807, 2.05) is 0 Å². The molecule has 1 amide bonds. The summed E-state index contributed by atoms with van der Waals surface area (Å²) >= 11 is 6.37. The lowest BCUT2D eigenvalue weighted by Gasteiger charge is -2.23. The molecule has 0 aromatic carbocycles. The van der Waals surface area contributed by atoms with E-state index in [-0.39, 0.29) is 37.6 Å². The number of nitrogens with one attached hydrogen (secondary N) is 1. The molecule has 0 heterocycles. The number of unbranched alkanes of at least 4 members (excludes halogenated alkanes) is 7. The first-order chi connectivity index (χ1) is 13.4. The van der Waals surface area contributed by atoms with Crippen molar-refractivity contribution in [1.29, 1.82) is 0 Å². The van der Waals surface area contributed by atoms with Crippen LogP contribution in [0, 0.1) is 0 Å². The van der Waals surface area contributed by atoms with Crippen molar-refractivity contribution in [3.63, 3.8) is 0 Å². The number of carbonyl (C=O) groups excluding carboxylic acids is 1. The molecule has 0 atom stereocenters. The van der Waals surface area contributed by atoms with Crippen LogP contribution in [0.25, 0.3) is 0 Å². The van der Waals surface area contributed by atoms with Crippen molar-refractivity contribution in [2.24, 2.45) is 0 Å². The summed E-state index contributed by atoms with van der Waals surface area (Å²) in [4.78, 5) is 34.9. The van der Waals surface area contributed by atoms with Gasteiger partial charge in [0.25, 0.3) is 0 Å². The highest BCUT2D eigenvalue weighted by Crippen LogP contribution is 2.11. The summed E-state index contributed by atoms with van der Waals surface area (Å²) in [6.07, 6.45) is 9.39. The summed E-state index contributed by atoms with van der Waals surface area (Å²) in [6, 6.07) is 0. The van der Waals surface area contributed by atoms with Crippen LogP contribution in [0.5, 0.6) is 0 Å². The van der Waals surface area contributed by atoms with Gasteiger partial charge in [-0.2, -0.15) is 0 Å². The number of thioether (sulfide) groups is 1. The SMILES string of the molecule is CCCCCCCCCCNC(=O)CSC(=S)N(CCC(=O)O)CCC(=O)O. The van der Waals surface area contributed by atoms with Gasteiger partial charge in [-0.3, -0.25) is 14.4 Å². The van der Waals surface area contributed by atoms with Crippen molar-refractivity contribution < 1.29 is 24.6 Å². The third kappa shape index (κ3) is 16.8. The first-order valence-electron chi connectivity index (χ1n) is 9.98. The molecule has 7 nitrogen and oxygen atoms in total. The summed E-state index contributed by atoms with van der Waals surface area (Å²) < 4.78 is 0.352. The third-order valence-electron chi connectivity index (χ3n) is 4.13. The summed E-state index contributed by atoms with van der Waals surface area (Å²) in [7, 11) is 0. The number of carboxylic acid groups (broad SMARTS) is 2. The first-order valence-corrected chi connectivity index (χ1v) is 11.4. The Kier molecular flexibility index (Phi) is 16.9. The van der Waals surface area contributed by atoms with Crippen molar-refractivity contribution in [3.05, 3.63) is 0 Å². The largest absolute Gasteiger partial charge is 0.481 e. The number of nitrogens with zero attached hydrogens (tertiary/aromatic N) is 1. The van der Waals surface area contributed by atoms with Crippen molar-refractivity contribution in [2.45, 2.75) is 71.1 Å². The van der Waals surface area contributed by atoms with Crippen LogP contribution in [0.2, 0.25) is 0 Å². The molecule has 0 aliphatic carbocycles. The first kappa shape index (κ1) is 26.6. The topological polar surface area (TPSA) is 107 Å². The van der Waals surface area contributed by atoms with Crippen LogP contribution in [0.15, 0.2) is 0 Å². The number of aliphatic carboxylic acids is 2. The Morgan fingerprint density at radius 1 is 0.893 bits per heavy atom. The van der Waals surface area contributed by atoms with Gasteiger partial charge >= 0.3 is 11.9 Å². The predicted octanol–water partition coefficient (Wildman–Crippen LogP) is 3.51. The molecule has 0 spiro atoms. The lowest BCUT2D eigenvalue weighted by molar-refractivity contribution is -0.137. The zero-order valence-corrected chi connectivity index (χ0v) is 18.4. The average Bonchev–Trinajstić information content (AvgIpc) is 2.64. The van der Waals surface area contributed by atoms with E-state index >= 15 is 0 Å². The maximum Gasteiger partial charge on any atom is 0.305 e. The second-order valence-corrected chi connectivity index (χ2v) is 8.26. The fraction of sp³-hybridized carbons (Fsp3) is 0.789. The second kappa shape index (κ2) is 17.7. The maximum atomic E-state index is 11.9. The van der Waals surface area contributed by atoms with Gasteiger partial charge in [0.2, 0.25) is 5.91 Å². The van der Waals surface area contributed by atoms with Crippen molar-refractivity contribution >= 4 is 46.1 Å². The summed E-state index contributed by atoms with van der Waals surface area (Å²) in [5, 5.41) is 20.5.